The van der Waals surface area contributed by atoms with E-state index in [4.69, 9.17) is 26.1 Å². The summed E-state index contributed by atoms with van der Waals surface area (Å²) in [5.74, 6) is 0.656. The molecule has 1 aliphatic heterocycles. The van der Waals surface area contributed by atoms with Crippen LogP contribution in [0.4, 0.5) is 10.2 Å². The molecule has 1 N–H and O–H groups in total. The fourth-order valence-corrected chi connectivity index (χ4v) is 5.65. The zero-order valence-corrected chi connectivity index (χ0v) is 26.1. The topological polar surface area (TPSA) is 84.7 Å². The molecule has 8 nitrogen and oxygen atoms in total. The van der Waals surface area contributed by atoms with Gasteiger partial charge in [0.15, 0.2) is 17.1 Å². The fraction of sp³-hybridized carbons (Fsp3) is 0.469. The van der Waals surface area contributed by atoms with Crippen molar-refractivity contribution < 1.29 is 18.7 Å². The Morgan fingerprint density at radius 2 is 1.83 bits per heavy atom. The minimum atomic E-state index is -0.921. The van der Waals surface area contributed by atoms with Gasteiger partial charge >= 0.3 is 5.97 Å². The van der Waals surface area contributed by atoms with Gasteiger partial charge in [-0.1, -0.05) is 37.6 Å². The standard InChI is InChI=1S/C32H39ClFN5O3/c1-19-16-24-35-23(28-36-22(27(33)37-28)17-20-8-10-21(34)11-9-20)18-39(24)29(38-14-12-32(5,6)13-15-38)25(19)26(30(40)41-7)42-31(2,3)4/h8-11,16,18,26H,12-15,17H2,1-7H3,(H,36,37)/t26-/m0/s1. The number of carbonyl (C=O) groups is 1. The number of methoxy groups -OCH3 is 1. The molecular formula is C32H39ClFN5O3. The van der Waals surface area contributed by atoms with Gasteiger partial charge in [-0.25, -0.2) is 19.2 Å². The van der Waals surface area contributed by atoms with Crippen molar-refractivity contribution in [3.05, 3.63) is 69.9 Å². The lowest BCUT2D eigenvalue weighted by atomic mass is 9.82. The lowest BCUT2D eigenvalue weighted by Crippen LogP contribution is -2.40. The molecule has 1 aliphatic rings. The molecule has 1 aromatic carbocycles. The Kier molecular flexibility index (Phi) is 8.11. The van der Waals surface area contributed by atoms with E-state index in [9.17, 15) is 9.18 Å². The molecule has 5 rings (SSSR count). The number of ether oxygens (including phenoxy) is 2. The molecular weight excluding hydrogens is 557 g/mol. The van der Waals surface area contributed by atoms with Gasteiger partial charge in [-0.3, -0.25) is 4.40 Å². The molecule has 0 amide bonds. The lowest BCUT2D eigenvalue weighted by molar-refractivity contribution is -0.164. The number of carbonyl (C=O) groups excluding carboxylic acids is 1. The fourth-order valence-electron chi connectivity index (χ4n) is 5.45. The number of nitrogens with one attached hydrogen (secondary N) is 1. The quantitative estimate of drug-likeness (QED) is 0.230. The molecule has 0 aliphatic carbocycles. The van der Waals surface area contributed by atoms with Crippen LogP contribution in [0.1, 0.15) is 75.9 Å². The molecule has 0 bridgehead atoms. The SMILES string of the molecule is COC(=O)[C@@H](OC(C)(C)C)c1c(C)cc2nc(-c3nc(Cl)c(Cc4ccc(F)cc4)[nH]3)cn2c1N1CCC(C)(C)CC1. The van der Waals surface area contributed by atoms with Crippen LogP contribution < -0.4 is 4.90 Å². The summed E-state index contributed by atoms with van der Waals surface area (Å²) in [6.07, 6.45) is 3.49. The Morgan fingerprint density at radius 1 is 1.17 bits per heavy atom. The van der Waals surface area contributed by atoms with Crippen LogP contribution in [-0.2, 0) is 20.7 Å². The highest BCUT2D eigenvalue weighted by molar-refractivity contribution is 6.30. The maximum Gasteiger partial charge on any atom is 0.339 e. The van der Waals surface area contributed by atoms with Crippen molar-refractivity contribution in [1.29, 1.82) is 0 Å². The number of hydrogen-bond acceptors (Lipinski definition) is 6. The largest absolute Gasteiger partial charge is 0.467 e. The van der Waals surface area contributed by atoms with E-state index in [0.717, 1.165) is 59.8 Å². The van der Waals surface area contributed by atoms with Crippen molar-refractivity contribution in [3.63, 3.8) is 0 Å². The van der Waals surface area contributed by atoms with Gasteiger partial charge in [-0.2, -0.15) is 0 Å². The average molecular weight is 596 g/mol. The number of aromatic nitrogens is 4. The second kappa shape index (κ2) is 11.3. The normalized spacial score (nSPS) is 16.2. The number of imidazole rings is 2. The number of halogens is 2. The molecule has 1 atom stereocenters. The number of rotatable bonds is 7. The Hall–Kier alpha value is -3.43. The van der Waals surface area contributed by atoms with Crippen LogP contribution in [0.5, 0.6) is 0 Å². The van der Waals surface area contributed by atoms with Gasteiger partial charge in [0.05, 0.1) is 18.4 Å². The van der Waals surface area contributed by atoms with Crippen molar-refractivity contribution in [2.75, 3.05) is 25.1 Å². The number of hydrogen-bond donors (Lipinski definition) is 1. The highest BCUT2D eigenvalue weighted by Crippen LogP contribution is 2.40. The van der Waals surface area contributed by atoms with Crippen molar-refractivity contribution in [2.24, 2.45) is 5.41 Å². The molecule has 0 saturated carbocycles. The monoisotopic (exact) mass is 595 g/mol. The first-order chi connectivity index (χ1) is 19.7. The summed E-state index contributed by atoms with van der Waals surface area (Å²) < 4.78 is 27.0. The zero-order valence-electron chi connectivity index (χ0n) is 25.3. The molecule has 0 radical (unpaired) electrons. The second-order valence-electron chi connectivity index (χ2n) is 12.9. The molecule has 10 heteroatoms. The first kappa shape index (κ1) is 30.0. The number of aromatic amines is 1. The van der Waals surface area contributed by atoms with Crippen molar-refractivity contribution in [1.82, 2.24) is 19.4 Å². The van der Waals surface area contributed by atoms with Crippen molar-refractivity contribution >= 4 is 29.0 Å². The Bertz CT molecular complexity index is 1590. The van der Waals surface area contributed by atoms with Crippen LogP contribution in [0.3, 0.4) is 0 Å². The van der Waals surface area contributed by atoms with Crippen LogP contribution >= 0.6 is 11.6 Å². The molecule has 1 fully saturated rings. The first-order valence-corrected chi connectivity index (χ1v) is 14.6. The van der Waals surface area contributed by atoms with Gasteiger partial charge in [0, 0.05) is 31.3 Å². The number of benzene rings is 1. The summed E-state index contributed by atoms with van der Waals surface area (Å²) in [6.45, 7) is 14.0. The minimum Gasteiger partial charge on any atom is -0.467 e. The van der Waals surface area contributed by atoms with E-state index in [1.807, 2.05) is 44.4 Å². The van der Waals surface area contributed by atoms with E-state index in [1.54, 1.807) is 12.1 Å². The van der Waals surface area contributed by atoms with Gasteiger partial charge in [0.1, 0.15) is 23.0 Å². The maximum absolute atomic E-state index is 13.4. The number of piperidine rings is 1. The number of esters is 1. The summed E-state index contributed by atoms with van der Waals surface area (Å²) in [5.41, 5.74) is 4.25. The third-order valence-electron chi connectivity index (χ3n) is 7.80. The van der Waals surface area contributed by atoms with E-state index in [-0.39, 0.29) is 11.2 Å². The number of pyridine rings is 1. The minimum absolute atomic E-state index is 0.231. The number of nitrogens with zero attached hydrogens (tertiary/aromatic N) is 4. The Labute approximate surface area is 251 Å². The van der Waals surface area contributed by atoms with Gasteiger partial charge in [0.25, 0.3) is 0 Å². The summed E-state index contributed by atoms with van der Waals surface area (Å²) in [5, 5.41) is 0.339. The lowest BCUT2D eigenvalue weighted by Gasteiger charge is -2.40. The number of aryl methyl sites for hydroxylation is 1. The molecule has 4 aromatic rings. The average Bonchev–Trinajstić information content (AvgIpc) is 3.50. The van der Waals surface area contributed by atoms with E-state index in [0.29, 0.717) is 23.1 Å². The first-order valence-electron chi connectivity index (χ1n) is 14.3. The molecule has 4 heterocycles. The smallest absolute Gasteiger partial charge is 0.339 e. The number of anilines is 1. The van der Waals surface area contributed by atoms with E-state index in [2.05, 4.69) is 28.7 Å². The summed E-state index contributed by atoms with van der Waals surface area (Å²) >= 11 is 6.53. The molecule has 224 valence electrons. The van der Waals surface area contributed by atoms with Crippen LogP contribution in [0.15, 0.2) is 36.5 Å². The molecule has 42 heavy (non-hydrogen) atoms. The van der Waals surface area contributed by atoms with E-state index in [1.165, 1.54) is 19.2 Å². The van der Waals surface area contributed by atoms with Gasteiger partial charge < -0.3 is 19.4 Å². The zero-order chi connectivity index (χ0) is 30.4. The summed E-state index contributed by atoms with van der Waals surface area (Å²) in [6, 6.07) is 8.27. The van der Waals surface area contributed by atoms with Crippen LogP contribution in [-0.4, -0.2) is 51.1 Å². The number of fused-ring (bicyclic) bond motifs is 1. The Balaban J connectivity index is 1.63. The van der Waals surface area contributed by atoms with Crippen molar-refractivity contribution in [3.8, 4) is 11.5 Å². The maximum atomic E-state index is 13.4. The van der Waals surface area contributed by atoms with Crippen LogP contribution in [0.25, 0.3) is 17.2 Å². The van der Waals surface area contributed by atoms with Crippen LogP contribution in [0.2, 0.25) is 5.15 Å². The molecule has 0 unspecified atom stereocenters. The number of H-pyrrole nitrogens is 1. The van der Waals surface area contributed by atoms with E-state index >= 15 is 0 Å². The molecule has 0 spiro atoms. The van der Waals surface area contributed by atoms with Gasteiger partial charge in [-0.05, 0) is 75.3 Å². The summed E-state index contributed by atoms with van der Waals surface area (Å²) in [7, 11) is 1.39. The second-order valence-corrected chi connectivity index (χ2v) is 13.2. The van der Waals surface area contributed by atoms with Gasteiger partial charge in [0.2, 0.25) is 0 Å². The molecule has 3 aromatic heterocycles. The predicted molar refractivity (Wildman–Crippen MR) is 163 cm³/mol. The highest BCUT2D eigenvalue weighted by atomic mass is 35.5. The van der Waals surface area contributed by atoms with Crippen molar-refractivity contribution in [2.45, 2.75) is 72.5 Å². The van der Waals surface area contributed by atoms with Crippen LogP contribution in [0, 0.1) is 18.2 Å². The summed E-state index contributed by atoms with van der Waals surface area (Å²) in [4.78, 5) is 28.3. The highest BCUT2D eigenvalue weighted by Gasteiger charge is 2.36. The van der Waals surface area contributed by atoms with E-state index < -0.39 is 17.7 Å². The van der Waals surface area contributed by atoms with Gasteiger partial charge in [-0.15, -0.1) is 0 Å². The third-order valence-corrected chi connectivity index (χ3v) is 8.12. The molecule has 1 saturated heterocycles. The third kappa shape index (κ3) is 6.32. The predicted octanol–water partition coefficient (Wildman–Crippen LogP) is 7.07. The Morgan fingerprint density at radius 3 is 2.45 bits per heavy atom.